The summed E-state index contributed by atoms with van der Waals surface area (Å²) >= 11 is 22.3. The molecular formula is C3H3Cl4N3. The second kappa shape index (κ2) is 2.55. The van der Waals surface area contributed by atoms with E-state index in [9.17, 15) is 0 Å². The van der Waals surface area contributed by atoms with Crippen molar-refractivity contribution in [3.8, 4) is 0 Å². The van der Waals surface area contributed by atoms with Crippen LogP contribution in [0.2, 0.25) is 0 Å². The van der Waals surface area contributed by atoms with E-state index in [1.165, 1.54) is 0 Å². The first-order valence-corrected chi connectivity index (χ1v) is 3.87. The Bertz CT molecular complexity index is 165. The molecule has 0 amide bonds. The van der Waals surface area contributed by atoms with Crippen molar-refractivity contribution >= 4 is 46.4 Å². The van der Waals surface area contributed by atoms with E-state index in [2.05, 4.69) is 15.8 Å². The van der Waals surface area contributed by atoms with E-state index in [4.69, 9.17) is 46.4 Å². The number of hydrogen-bond donors (Lipinski definition) is 1. The highest BCUT2D eigenvalue weighted by Gasteiger charge is 2.40. The SMILES string of the molecule is ClC1(Cl)CC(Cl)(Cl)NN=N1. The van der Waals surface area contributed by atoms with Gasteiger partial charge in [-0.15, -0.1) is 5.11 Å². The van der Waals surface area contributed by atoms with Gasteiger partial charge in [-0.2, -0.15) is 0 Å². The normalized spacial score (nSPS) is 27.6. The van der Waals surface area contributed by atoms with Gasteiger partial charge in [0, 0.05) is 0 Å². The molecule has 10 heavy (non-hydrogen) atoms. The largest absolute Gasteiger partial charge is 0.257 e. The van der Waals surface area contributed by atoms with Gasteiger partial charge >= 0.3 is 0 Å². The van der Waals surface area contributed by atoms with Crippen LogP contribution in [-0.2, 0) is 0 Å². The van der Waals surface area contributed by atoms with Gasteiger partial charge in [-0.25, -0.2) is 0 Å². The van der Waals surface area contributed by atoms with Gasteiger partial charge in [0.15, 0.2) is 0 Å². The third-order valence-electron chi connectivity index (χ3n) is 0.845. The van der Waals surface area contributed by atoms with Gasteiger partial charge in [0.2, 0.25) is 8.91 Å². The molecule has 0 bridgehead atoms. The van der Waals surface area contributed by atoms with E-state index in [-0.39, 0.29) is 6.42 Å². The van der Waals surface area contributed by atoms with Crippen molar-refractivity contribution in [2.45, 2.75) is 15.3 Å². The van der Waals surface area contributed by atoms with Crippen molar-refractivity contribution in [2.75, 3.05) is 0 Å². The summed E-state index contributed by atoms with van der Waals surface area (Å²) in [5.74, 6) is 0. The molecule has 58 valence electrons. The van der Waals surface area contributed by atoms with Crippen LogP contribution in [0.25, 0.3) is 0 Å². The number of halogens is 4. The molecule has 1 aliphatic rings. The monoisotopic (exact) mass is 221 g/mol. The van der Waals surface area contributed by atoms with Gasteiger partial charge in [-0.1, -0.05) is 51.6 Å². The molecule has 0 unspecified atom stereocenters. The smallest absolute Gasteiger partial charge is 0.234 e. The maximum atomic E-state index is 5.59. The van der Waals surface area contributed by atoms with E-state index >= 15 is 0 Å². The van der Waals surface area contributed by atoms with Crippen molar-refractivity contribution in [3.63, 3.8) is 0 Å². The van der Waals surface area contributed by atoms with Crippen LogP contribution in [0, 0.1) is 0 Å². The fraction of sp³-hybridized carbons (Fsp3) is 1.00. The predicted octanol–water partition coefficient (Wildman–Crippen LogP) is 2.61. The van der Waals surface area contributed by atoms with Gasteiger partial charge in [0.1, 0.15) is 0 Å². The molecule has 7 heteroatoms. The molecule has 1 aliphatic heterocycles. The van der Waals surface area contributed by atoms with Crippen LogP contribution in [0.1, 0.15) is 6.42 Å². The average molecular weight is 223 g/mol. The Labute approximate surface area is 77.6 Å². The lowest BCUT2D eigenvalue weighted by atomic mass is 10.4. The lowest BCUT2D eigenvalue weighted by Crippen LogP contribution is -2.38. The number of hydrogen-bond acceptors (Lipinski definition) is 3. The Hall–Kier alpha value is 0.560. The summed E-state index contributed by atoms with van der Waals surface area (Å²) in [6, 6.07) is 0. The van der Waals surface area contributed by atoms with Crippen molar-refractivity contribution < 1.29 is 0 Å². The lowest BCUT2D eigenvalue weighted by Gasteiger charge is -2.27. The molecule has 0 atom stereocenters. The predicted molar refractivity (Wildman–Crippen MR) is 41.5 cm³/mol. The summed E-state index contributed by atoms with van der Waals surface area (Å²) in [6.07, 6.45) is 0.0930. The van der Waals surface area contributed by atoms with Gasteiger partial charge in [-0.3, -0.25) is 5.43 Å². The number of rotatable bonds is 0. The van der Waals surface area contributed by atoms with E-state index in [1.54, 1.807) is 0 Å². The van der Waals surface area contributed by atoms with Crippen molar-refractivity contribution in [3.05, 3.63) is 0 Å². The van der Waals surface area contributed by atoms with Crippen LogP contribution in [0.3, 0.4) is 0 Å². The standard InChI is InChI=1S/C3H3Cl4N3/c4-2(5)1-3(6,7)9-10-8-2/h1H2,(H,8,9). The fourth-order valence-corrected chi connectivity index (χ4v) is 1.73. The molecule has 3 nitrogen and oxygen atoms in total. The topological polar surface area (TPSA) is 36.8 Å². The Kier molecular flexibility index (Phi) is 2.21. The molecule has 0 saturated carbocycles. The summed E-state index contributed by atoms with van der Waals surface area (Å²) in [5, 5.41) is 6.76. The zero-order valence-electron chi connectivity index (χ0n) is 4.61. The minimum absolute atomic E-state index is 0.0930. The maximum Gasteiger partial charge on any atom is 0.234 e. The fourth-order valence-electron chi connectivity index (χ4n) is 0.513. The molecule has 0 aromatic carbocycles. The van der Waals surface area contributed by atoms with Gasteiger partial charge < -0.3 is 0 Å². The molecule has 1 rings (SSSR count). The van der Waals surface area contributed by atoms with Crippen LogP contribution in [0.4, 0.5) is 0 Å². The zero-order valence-corrected chi connectivity index (χ0v) is 7.64. The van der Waals surface area contributed by atoms with E-state index in [1.807, 2.05) is 0 Å². The first-order valence-electron chi connectivity index (χ1n) is 2.36. The second-order valence-corrected chi connectivity index (χ2v) is 4.79. The molecule has 0 radical (unpaired) electrons. The van der Waals surface area contributed by atoms with Gasteiger partial charge in [0.05, 0.1) is 6.42 Å². The lowest BCUT2D eigenvalue weighted by molar-refractivity contribution is 0.450. The van der Waals surface area contributed by atoms with Crippen LogP contribution < -0.4 is 5.43 Å². The van der Waals surface area contributed by atoms with Crippen LogP contribution >= 0.6 is 46.4 Å². The minimum Gasteiger partial charge on any atom is -0.257 e. The summed E-state index contributed by atoms with van der Waals surface area (Å²) < 4.78 is -2.53. The first-order chi connectivity index (χ1) is 4.41. The summed E-state index contributed by atoms with van der Waals surface area (Å²) in [4.78, 5) is 0. The number of nitrogens with one attached hydrogen (secondary N) is 1. The molecule has 0 aromatic rings. The summed E-state index contributed by atoms with van der Waals surface area (Å²) in [5.41, 5.74) is 2.33. The Morgan fingerprint density at radius 1 is 1.20 bits per heavy atom. The molecular weight excluding hydrogens is 220 g/mol. The molecule has 1 heterocycles. The van der Waals surface area contributed by atoms with Crippen molar-refractivity contribution in [1.29, 1.82) is 0 Å². The third kappa shape index (κ3) is 2.31. The summed E-state index contributed by atoms with van der Waals surface area (Å²) in [7, 11) is 0. The van der Waals surface area contributed by atoms with Gasteiger partial charge in [0.25, 0.3) is 0 Å². The average Bonchev–Trinajstić information content (AvgIpc) is 1.56. The number of alkyl halides is 4. The molecule has 1 N–H and O–H groups in total. The molecule has 0 spiro atoms. The third-order valence-corrected chi connectivity index (χ3v) is 1.70. The minimum atomic E-state index is -1.31. The van der Waals surface area contributed by atoms with E-state index in [0.29, 0.717) is 0 Å². The Morgan fingerprint density at radius 2 is 1.80 bits per heavy atom. The first kappa shape index (κ1) is 8.65. The molecule has 0 fully saturated rings. The molecule has 0 aliphatic carbocycles. The van der Waals surface area contributed by atoms with Crippen LogP contribution in [0.15, 0.2) is 10.3 Å². The quantitative estimate of drug-likeness (QED) is 0.497. The summed E-state index contributed by atoms with van der Waals surface area (Å²) in [6.45, 7) is 0. The highest BCUT2D eigenvalue weighted by Crippen LogP contribution is 2.39. The van der Waals surface area contributed by atoms with Crippen LogP contribution in [0.5, 0.6) is 0 Å². The maximum absolute atomic E-state index is 5.59. The second-order valence-electron chi connectivity index (χ2n) is 1.86. The van der Waals surface area contributed by atoms with Crippen LogP contribution in [-0.4, -0.2) is 8.91 Å². The van der Waals surface area contributed by atoms with E-state index in [0.717, 1.165) is 0 Å². The van der Waals surface area contributed by atoms with Crippen molar-refractivity contribution in [1.82, 2.24) is 5.43 Å². The number of nitrogens with zero attached hydrogens (tertiary/aromatic N) is 2. The highest BCUT2D eigenvalue weighted by atomic mass is 35.5. The van der Waals surface area contributed by atoms with Crippen molar-refractivity contribution in [2.24, 2.45) is 10.3 Å². The molecule has 0 saturated heterocycles. The molecule has 0 aromatic heterocycles. The Balaban J connectivity index is 2.73. The Morgan fingerprint density at radius 3 is 2.10 bits per heavy atom. The van der Waals surface area contributed by atoms with Gasteiger partial charge in [-0.05, 0) is 0 Å². The van der Waals surface area contributed by atoms with E-state index < -0.39 is 8.91 Å². The zero-order chi connectivity index (χ0) is 7.83. The highest BCUT2D eigenvalue weighted by molar-refractivity contribution is 6.52.